The van der Waals surface area contributed by atoms with Crippen LogP contribution < -0.4 is 21.6 Å². The summed E-state index contributed by atoms with van der Waals surface area (Å²) >= 11 is 0. The third kappa shape index (κ3) is 4.57. The molecule has 6 rings (SSSR count). The number of amides is 3. The number of hydrogen-bond donors (Lipinski definition) is 4. The third-order valence-corrected chi connectivity index (χ3v) is 12.2. The van der Waals surface area contributed by atoms with Crippen molar-refractivity contribution in [1.29, 1.82) is 0 Å². The lowest BCUT2D eigenvalue weighted by Gasteiger charge is -2.63. The SMILES string of the molecule is CC12CC[C@H](NC(=O)NCCN3CCNCC3=O)C[C@H]1CC[C@@H]1[C@@H]2CCC2(C)[C@@H](c3ccc(=O)oc3)CC[C@]12O. The molecule has 5 aliphatic rings. The maximum absolute atomic E-state index is 12.7. The first-order chi connectivity index (χ1) is 19.1. The van der Waals surface area contributed by atoms with E-state index < -0.39 is 5.60 Å². The predicted molar refractivity (Wildman–Crippen MR) is 151 cm³/mol. The van der Waals surface area contributed by atoms with Crippen LogP contribution >= 0.6 is 0 Å². The molecule has 9 nitrogen and oxygen atoms in total. The van der Waals surface area contributed by atoms with E-state index in [4.69, 9.17) is 4.42 Å². The molecule has 1 saturated heterocycles. The van der Waals surface area contributed by atoms with Crippen LogP contribution in [-0.4, -0.2) is 66.3 Å². The van der Waals surface area contributed by atoms with Gasteiger partial charge in [0.15, 0.2) is 0 Å². The average molecular weight is 555 g/mol. The summed E-state index contributed by atoms with van der Waals surface area (Å²) in [5, 5.41) is 21.7. The van der Waals surface area contributed by atoms with Gasteiger partial charge in [-0.1, -0.05) is 13.8 Å². The maximum Gasteiger partial charge on any atom is 0.335 e. The summed E-state index contributed by atoms with van der Waals surface area (Å²) in [6.45, 7) is 7.60. The monoisotopic (exact) mass is 554 g/mol. The minimum Gasteiger partial charge on any atom is -0.431 e. The van der Waals surface area contributed by atoms with Gasteiger partial charge < -0.3 is 30.4 Å². The number of carbonyl (C=O) groups excluding carboxylic acids is 2. The van der Waals surface area contributed by atoms with E-state index in [0.29, 0.717) is 38.0 Å². The fourth-order valence-electron chi connectivity index (χ4n) is 9.88. The second kappa shape index (κ2) is 10.5. The van der Waals surface area contributed by atoms with E-state index in [2.05, 4.69) is 29.8 Å². The molecule has 0 bridgehead atoms. The first kappa shape index (κ1) is 27.8. The number of urea groups is 1. The molecule has 4 N–H and O–H groups in total. The maximum atomic E-state index is 12.7. The lowest BCUT2D eigenvalue weighted by Crippen LogP contribution is -2.62. The molecule has 0 radical (unpaired) electrons. The molecule has 3 amide bonds. The van der Waals surface area contributed by atoms with Crippen LogP contribution in [-0.2, 0) is 4.79 Å². The van der Waals surface area contributed by atoms with Crippen molar-refractivity contribution in [2.45, 2.75) is 89.2 Å². The van der Waals surface area contributed by atoms with Crippen molar-refractivity contribution in [2.24, 2.45) is 28.6 Å². The van der Waals surface area contributed by atoms with Crippen molar-refractivity contribution < 1.29 is 19.1 Å². The van der Waals surface area contributed by atoms with Gasteiger partial charge >= 0.3 is 11.7 Å². The molecular weight excluding hydrogens is 508 g/mol. The Morgan fingerprint density at radius 3 is 2.73 bits per heavy atom. The number of aliphatic hydroxyl groups is 1. The van der Waals surface area contributed by atoms with Crippen molar-refractivity contribution in [2.75, 3.05) is 32.7 Å². The predicted octanol–water partition coefficient (Wildman–Crippen LogP) is 2.98. The first-order valence-electron chi connectivity index (χ1n) is 15.5. The molecule has 40 heavy (non-hydrogen) atoms. The standard InChI is InChI=1S/C31H46N4O5/c1-29-10-7-22(34-28(38)33-14-16-35-15-13-32-18-26(35)36)17-21(29)4-5-25-24(29)8-11-30(2)23(9-12-31(25,30)39)20-3-6-27(37)40-19-20/h3,6,19,21-25,32,39H,4-5,7-18H2,1-2H3,(H2,33,34,38)/t21-,22+,23-,24+,25-,29?,30?,31+/m1/s1. The Labute approximate surface area is 236 Å². The van der Waals surface area contributed by atoms with Gasteiger partial charge in [-0.15, -0.1) is 0 Å². The lowest BCUT2D eigenvalue weighted by molar-refractivity contribution is -0.201. The smallest absolute Gasteiger partial charge is 0.335 e. The third-order valence-electron chi connectivity index (χ3n) is 12.2. The summed E-state index contributed by atoms with van der Waals surface area (Å²) < 4.78 is 5.22. The molecule has 8 atom stereocenters. The topological polar surface area (TPSA) is 124 Å². The second-order valence-corrected chi connectivity index (χ2v) is 13.8. The molecule has 4 saturated carbocycles. The molecular formula is C31H46N4O5. The van der Waals surface area contributed by atoms with Gasteiger partial charge in [-0.2, -0.15) is 0 Å². The number of piperazine rings is 1. The van der Waals surface area contributed by atoms with Gasteiger partial charge in [-0.3, -0.25) is 4.79 Å². The van der Waals surface area contributed by atoms with E-state index in [1.54, 1.807) is 11.2 Å². The quantitative estimate of drug-likeness (QED) is 0.444. The molecule has 0 spiro atoms. The summed E-state index contributed by atoms with van der Waals surface area (Å²) in [6.07, 6.45) is 10.6. The van der Waals surface area contributed by atoms with Gasteiger partial charge in [0.25, 0.3) is 0 Å². The van der Waals surface area contributed by atoms with Crippen molar-refractivity contribution in [3.63, 3.8) is 0 Å². The van der Waals surface area contributed by atoms with Crippen molar-refractivity contribution >= 4 is 11.9 Å². The molecule has 1 aromatic rings. The molecule has 5 fully saturated rings. The van der Waals surface area contributed by atoms with Crippen LogP contribution in [0.25, 0.3) is 0 Å². The largest absolute Gasteiger partial charge is 0.431 e. The number of nitrogens with zero attached hydrogens (tertiary/aromatic N) is 1. The number of carbonyl (C=O) groups is 2. The highest BCUT2D eigenvalue weighted by Gasteiger charge is 2.67. The molecule has 2 heterocycles. The zero-order valence-corrected chi connectivity index (χ0v) is 24.0. The fourth-order valence-corrected chi connectivity index (χ4v) is 9.88. The Morgan fingerprint density at radius 2 is 1.95 bits per heavy atom. The number of nitrogens with one attached hydrogen (secondary N) is 3. The number of fused-ring (bicyclic) bond motifs is 5. The summed E-state index contributed by atoms with van der Waals surface area (Å²) in [7, 11) is 0. The van der Waals surface area contributed by atoms with Crippen molar-refractivity contribution in [3.05, 3.63) is 34.4 Å². The summed E-state index contributed by atoms with van der Waals surface area (Å²) in [6, 6.07) is 3.43. The molecule has 9 heteroatoms. The Bertz CT molecular complexity index is 1170. The van der Waals surface area contributed by atoms with Gasteiger partial charge in [-0.05, 0) is 98.5 Å². The Hall–Kier alpha value is -2.39. The van der Waals surface area contributed by atoms with Gasteiger partial charge in [-0.25, -0.2) is 9.59 Å². The zero-order valence-electron chi connectivity index (χ0n) is 24.0. The summed E-state index contributed by atoms with van der Waals surface area (Å²) in [4.78, 5) is 38.0. The van der Waals surface area contributed by atoms with Crippen LogP contribution in [0.1, 0.15) is 83.1 Å². The zero-order chi connectivity index (χ0) is 28.1. The molecule has 1 aliphatic heterocycles. The summed E-state index contributed by atoms with van der Waals surface area (Å²) in [5.74, 6) is 1.61. The van der Waals surface area contributed by atoms with Crippen molar-refractivity contribution in [3.8, 4) is 0 Å². The minimum atomic E-state index is -0.703. The fraction of sp³-hybridized carbons (Fsp3) is 0.774. The number of rotatable bonds is 5. The molecule has 0 aromatic carbocycles. The normalized spacial score (nSPS) is 41.0. The number of hydrogen-bond acceptors (Lipinski definition) is 6. The molecule has 1 aromatic heterocycles. The summed E-state index contributed by atoms with van der Waals surface area (Å²) in [5.41, 5.74) is -0.0312. The Balaban J connectivity index is 1.07. The highest BCUT2D eigenvalue weighted by atomic mass is 16.4. The van der Waals surface area contributed by atoms with Crippen LogP contribution in [0, 0.1) is 28.6 Å². The van der Waals surface area contributed by atoms with E-state index in [1.165, 1.54) is 6.07 Å². The Morgan fingerprint density at radius 1 is 1.10 bits per heavy atom. The van der Waals surface area contributed by atoms with Crippen LogP contribution in [0.4, 0.5) is 4.79 Å². The van der Waals surface area contributed by atoms with E-state index in [9.17, 15) is 19.5 Å². The van der Waals surface area contributed by atoms with Crippen LogP contribution in [0.5, 0.6) is 0 Å². The highest BCUT2D eigenvalue weighted by Crippen LogP contribution is 2.70. The van der Waals surface area contributed by atoms with Gasteiger partial charge in [0, 0.05) is 43.7 Å². The lowest BCUT2D eigenvalue weighted by atomic mass is 9.43. The molecule has 2 unspecified atom stereocenters. The molecule has 220 valence electrons. The van der Waals surface area contributed by atoms with Crippen molar-refractivity contribution in [1.82, 2.24) is 20.9 Å². The molecule has 4 aliphatic carbocycles. The van der Waals surface area contributed by atoms with E-state index in [1.807, 2.05) is 6.07 Å². The van der Waals surface area contributed by atoms with Gasteiger partial charge in [0.05, 0.1) is 18.4 Å². The van der Waals surface area contributed by atoms with E-state index >= 15 is 0 Å². The average Bonchev–Trinajstić information content (AvgIpc) is 3.21. The van der Waals surface area contributed by atoms with Crippen LogP contribution in [0.2, 0.25) is 0 Å². The Kier molecular flexibility index (Phi) is 7.26. The minimum absolute atomic E-state index is 0.0878. The van der Waals surface area contributed by atoms with E-state index in [0.717, 1.165) is 69.9 Å². The van der Waals surface area contributed by atoms with Crippen LogP contribution in [0.15, 0.2) is 27.6 Å². The van der Waals surface area contributed by atoms with Gasteiger partial charge in [0.1, 0.15) is 0 Å². The first-order valence-corrected chi connectivity index (χ1v) is 15.5. The van der Waals surface area contributed by atoms with Gasteiger partial charge in [0.2, 0.25) is 5.91 Å². The van der Waals surface area contributed by atoms with Crippen LogP contribution in [0.3, 0.4) is 0 Å². The second-order valence-electron chi connectivity index (χ2n) is 13.8. The highest BCUT2D eigenvalue weighted by molar-refractivity contribution is 5.79. The van der Waals surface area contributed by atoms with E-state index in [-0.39, 0.29) is 46.3 Å².